The van der Waals surface area contributed by atoms with Gasteiger partial charge >= 0.3 is 0 Å². The van der Waals surface area contributed by atoms with Crippen LogP contribution in [0.2, 0.25) is 0 Å². The molecule has 1 aromatic heterocycles. The largest absolute Gasteiger partial charge is 0.494 e. The summed E-state index contributed by atoms with van der Waals surface area (Å²) in [5, 5.41) is 0.871. The molecular formula is C19H24N2O3S. The van der Waals surface area contributed by atoms with Gasteiger partial charge in [0.2, 0.25) is 0 Å². The summed E-state index contributed by atoms with van der Waals surface area (Å²) in [5.74, 6) is 0.929. The van der Waals surface area contributed by atoms with Crippen LogP contribution in [0.5, 0.6) is 5.75 Å². The van der Waals surface area contributed by atoms with Crippen molar-refractivity contribution in [3.8, 4) is 16.3 Å². The first-order valence-electron chi connectivity index (χ1n) is 8.65. The lowest BCUT2D eigenvalue weighted by Crippen LogP contribution is -2.40. The minimum absolute atomic E-state index is 0.0849. The standard InChI is InChI=1S/C19H24N2O3S/c1-4-24-16-7-5-14(6-8-16)18-20-13(2)17(25-18)19(22)21-11-9-15(23-3)10-12-21/h5-8,15H,4,9-12H2,1-3H3. The van der Waals surface area contributed by atoms with E-state index in [9.17, 15) is 4.79 Å². The monoisotopic (exact) mass is 360 g/mol. The normalized spacial score (nSPS) is 15.4. The molecule has 1 aliphatic heterocycles. The molecule has 0 atom stereocenters. The summed E-state index contributed by atoms with van der Waals surface area (Å²) in [6, 6.07) is 7.85. The van der Waals surface area contributed by atoms with E-state index in [4.69, 9.17) is 9.47 Å². The van der Waals surface area contributed by atoms with Crippen molar-refractivity contribution in [1.82, 2.24) is 9.88 Å². The molecule has 0 radical (unpaired) electrons. The number of amides is 1. The number of thiazole rings is 1. The topological polar surface area (TPSA) is 51.7 Å². The fraction of sp³-hybridized carbons (Fsp3) is 0.474. The highest BCUT2D eigenvalue weighted by Crippen LogP contribution is 2.30. The van der Waals surface area contributed by atoms with Crippen molar-refractivity contribution in [2.75, 3.05) is 26.8 Å². The average Bonchev–Trinajstić information content (AvgIpc) is 3.04. The Morgan fingerprint density at radius 3 is 2.56 bits per heavy atom. The Hall–Kier alpha value is -1.92. The maximum absolute atomic E-state index is 12.8. The predicted molar refractivity (Wildman–Crippen MR) is 99.4 cm³/mol. The van der Waals surface area contributed by atoms with Crippen LogP contribution in [0.4, 0.5) is 0 Å². The van der Waals surface area contributed by atoms with E-state index >= 15 is 0 Å². The van der Waals surface area contributed by atoms with Gasteiger partial charge in [0.25, 0.3) is 5.91 Å². The number of carbonyl (C=O) groups excluding carboxylic acids is 1. The SMILES string of the molecule is CCOc1ccc(-c2nc(C)c(C(=O)N3CCC(OC)CC3)s2)cc1. The number of ether oxygens (including phenoxy) is 2. The number of aryl methyl sites for hydroxylation is 1. The molecule has 2 heterocycles. The average molecular weight is 360 g/mol. The van der Waals surface area contributed by atoms with Crippen LogP contribution in [0, 0.1) is 6.92 Å². The molecule has 0 bridgehead atoms. The number of methoxy groups -OCH3 is 1. The molecule has 134 valence electrons. The molecule has 25 heavy (non-hydrogen) atoms. The summed E-state index contributed by atoms with van der Waals surface area (Å²) in [4.78, 5) is 20.1. The molecule has 1 saturated heterocycles. The number of nitrogens with zero attached hydrogens (tertiary/aromatic N) is 2. The highest BCUT2D eigenvalue weighted by molar-refractivity contribution is 7.17. The number of piperidine rings is 1. The number of hydrogen-bond donors (Lipinski definition) is 0. The first-order valence-corrected chi connectivity index (χ1v) is 9.46. The molecule has 1 fully saturated rings. The number of hydrogen-bond acceptors (Lipinski definition) is 5. The summed E-state index contributed by atoms with van der Waals surface area (Å²) in [5.41, 5.74) is 1.81. The van der Waals surface area contributed by atoms with Crippen LogP contribution >= 0.6 is 11.3 Å². The van der Waals surface area contributed by atoms with E-state index in [2.05, 4.69) is 4.98 Å². The van der Waals surface area contributed by atoms with Gasteiger partial charge in [-0.25, -0.2) is 4.98 Å². The van der Waals surface area contributed by atoms with Gasteiger partial charge in [0.05, 0.1) is 18.4 Å². The number of benzene rings is 1. The second kappa shape index (κ2) is 7.97. The van der Waals surface area contributed by atoms with Gasteiger partial charge in [-0.05, 0) is 51.0 Å². The van der Waals surface area contributed by atoms with Crippen molar-refractivity contribution in [2.45, 2.75) is 32.8 Å². The Morgan fingerprint density at radius 2 is 1.96 bits per heavy atom. The fourth-order valence-electron chi connectivity index (χ4n) is 3.02. The summed E-state index contributed by atoms with van der Waals surface area (Å²) >= 11 is 1.47. The first kappa shape index (κ1) is 17.9. The number of rotatable bonds is 5. The molecule has 2 aromatic rings. The van der Waals surface area contributed by atoms with Crippen LogP contribution in [-0.4, -0.2) is 48.7 Å². The molecule has 5 nitrogen and oxygen atoms in total. The zero-order valence-electron chi connectivity index (χ0n) is 14.9. The lowest BCUT2D eigenvalue weighted by atomic mass is 10.1. The van der Waals surface area contributed by atoms with Gasteiger partial charge in [0.15, 0.2) is 0 Å². The summed E-state index contributed by atoms with van der Waals surface area (Å²) in [6.45, 7) is 6.00. The van der Waals surface area contributed by atoms with Crippen molar-refractivity contribution >= 4 is 17.2 Å². The number of carbonyl (C=O) groups is 1. The molecular weight excluding hydrogens is 336 g/mol. The molecule has 3 rings (SSSR count). The van der Waals surface area contributed by atoms with E-state index < -0.39 is 0 Å². The molecule has 0 aliphatic carbocycles. The minimum atomic E-state index is 0.0849. The van der Waals surface area contributed by atoms with Crippen LogP contribution in [0.25, 0.3) is 10.6 Å². The van der Waals surface area contributed by atoms with Crippen molar-refractivity contribution in [2.24, 2.45) is 0 Å². The van der Waals surface area contributed by atoms with Crippen LogP contribution in [0.3, 0.4) is 0 Å². The van der Waals surface area contributed by atoms with Gasteiger partial charge in [-0.15, -0.1) is 11.3 Å². The van der Waals surface area contributed by atoms with Gasteiger partial charge in [-0.2, -0.15) is 0 Å². The summed E-state index contributed by atoms with van der Waals surface area (Å²) in [7, 11) is 1.73. The van der Waals surface area contributed by atoms with Gasteiger partial charge < -0.3 is 14.4 Å². The lowest BCUT2D eigenvalue weighted by molar-refractivity contribution is 0.0353. The zero-order valence-corrected chi connectivity index (χ0v) is 15.8. The third kappa shape index (κ3) is 4.02. The van der Waals surface area contributed by atoms with Gasteiger partial charge in [0.1, 0.15) is 15.6 Å². The van der Waals surface area contributed by atoms with E-state index in [1.165, 1.54) is 11.3 Å². The highest BCUT2D eigenvalue weighted by Gasteiger charge is 2.26. The second-order valence-electron chi connectivity index (χ2n) is 6.12. The second-order valence-corrected chi connectivity index (χ2v) is 7.12. The van der Waals surface area contributed by atoms with Gasteiger partial charge in [0, 0.05) is 25.8 Å². The molecule has 0 spiro atoms. The Labute approximate surface area is 152 Å². The lowest BCUT2D eigenvalue weighted by Gasteiger charge is -2.31. The van der Waals surface area contributed by atoms with Crippen molar-refractivity contribution < 1.29 is 14.3 Å². The quantitative estimate of drug-likeness (QED) is 0.814. The van der Waals surface area contributed by atoms with E-state index in [0.29, 0.717) is 6.61 Å². The van der Waals surface area contributed by atoms with Crippen LogP contribution in [0.1, 0.15) is 35.1 Å². The van der Waals surface area contributed by atoms with E-state index in [0.717, 1.165) is 52.8 Å². The molecule has 6 heteroatoms. The van der Waals surface area contributed by atoms with Crippen LogP contribution < -0.4 is 4.74 Å². The zero-order chi connectivity index (χ0) is 17.8. The van der Waals surface area contributed by atoms with Gasteiger partial charge in [-0.1, -0.05) is 0 Å². The molecule has 1 amide bonds. The highest BCUT2D eigenvalue weighted by atomic mass is 32.1. The van der Waals surface area contributed by atoms with E-state index in [1.54, 1.807) is 7.11 Å². The summed E-state index contributed by atoms with van der Waals surface area (Å²) < 4.78 is 10.9. The Morgan fingerprint density at radius 1 is 1.28 bits per heavy atom. The molecule has 0 unspecified atom stereocenters. The number of aromatic nitrogens is 1. The Bertz CT molecular complexity index is 719. The molecule has 0 N–H and O–H groups in total. The van der Waals surface area contributed by atoms with Crippen molar-refractivity contribution in [3.63, 3.8) is 0 Å². The smallest absolute Gasteiger partial charge is 0.265 e. The van der Waals surface area contributed by atoms with Crippen LogP contribution in [-0.2, 0) is 4.74 Å². The van der Waals surface area contributed by atoms with Gasteiger partial charge in [-0.3, -0.25) is 4.79 Å². The Kier molecular flexibility index (Phi) is 5.71. The molecule has 0 saturated carbocycles. The summed E-state index contributed by atoms with van der Waals surface area (Å²) in [6.07, 6.45) is 2.06. The predicted octanol–water partition coefficient (Wildman–Crippen LogP) is 3.77. The minimum Gasteiger partial charge on any atom is -0.494 e. The van der Waals surface area contributed by atoms with E-state index in [-0.39, 0.29) is 12.0 Å². The maximum atomic E-state index is 12.8. The fourth-order valence-corrected chi connectivity index (χ4v) is 4.06. The van der Waals surface area contributed by atoms with Crippen molar-refractivity contribution in [3.05, 3.63) is 34.8 Å². The van der Waals surface area contributed by atoms with Crippen molar-refractivity contribution in [1.29, 1.82) is 0 Å². The molecule has 1 aliphatic rings. The van der Waals surface area contributed by atoms with E-state index in [1.807, 2.05) is 43.0 Å². The third-order valence-corrected chi connectivity index (χ3v) is 5.66. The number of likely N-dealkylation sites (tertiary alicyclic amines) is 1. The van der Waals surface area contributed by atoms with Crippen LogP contribution in [0.15, 0.2) is 24.3 Å². The Balaban J connectivity index is 1.74. The maximum Gasteiger partial charge on any atom is 0.265 e. The molecule has 1 aromatic carbocycles. The third-order valence-electron chi connectivity index (χ3n) is 4.47. The first-order chi connectivity index (χ1) is 12.1.